The summed E-state index contributed by atoms with van der Waals surface area (Å²) in [6.45, 7) is 5.42. The summed E-state index contributed by atoms with van der Waals surface area (Å²) in [6.07, 6.45) is 1.12. The van der Waals surface area contributed by atoms with Crippen LogP contribution in [0.4, 0.5) is 5.69 Å². The number of sulfonamides is 1. The van der Waals surface area contributed by atoms with Gasteiger partial charge in [-0.25, -0.2) is 16.8 Å². The van der Waals surface area contributed by atoms with Crippen molar-refractivity contribution in [2.24, 2.45) is 0 Å². The minimum atomic E-state index is -4.06. The van der Waals surface area contributed by atoms with Crippen LogP contribution in [-0.4, -0.2) is 29.0 Å². The van der Waals surface area contributed by atoms with Crippen molar-refractivity contribution in [3.63, 3.8) is 0 Å². The number of benzene rings is 3. The van der Waals surface area contributed by atoms with E-state index in [1.807, 2.05) is 19.9 Å². The minimum absolute atomic E-state index is 0.0150. The molecule has 2 N–H and O–H groups in total. The lowest BCUT2D eigenvalue weighted by molar-refractivity contribution is 0.0939. The fraction of sp³-hybridized carbons (Fsp3) is 0.208. The topological polar surface area (TPSA) is 109 Å². The van der Waals surface area contributed by atoms with Crippen LogP contribution < -0.4 is 10.0 Å². The third-order valence-corrected chi connectivity index (χ3v) is 8.46. The Morgan fingerprint density at radius 3 is 2.21 bits per heavy atom. The Labute approximate surface area is 205 Å². The first-order chi connectivity index (χ1) is 15.8. The lowest BCUT2D eigenvalue weighted by Gasteiger charge is -2.16. The highest BCUT2D eigenvalue weighted by atomic mass is 35.5. The second-order valence-corrected chi connectivity index (χ2v) is 12.1. The molecule has 0 spiro atoms. The first-order valence-electron chi connectivity index (χ1n) is 10.3. The van der Waals surface area contributed by atoms with Crippen molar-refractivity contribution in [3.05, 3.63) is 87.9 Å². The van der Waals surface area contributed by atoms with E-state index in [0.717, 1.165) is 17.4 Å². The van der Waals surface area contributed by atoms with E-state index in [4.69, 9.17) is 11.6 Å². The number of rotatable bonds is 7. The van der Waals surface area contributed by atoms with Crippen LogP contribution in [0.2, 0.25) is 5.02 Å². The zero-order valence-corrected chi connectivity index (χ0v) is 21.5. The SMILES string of the molecule is Cc1cccc(NS(=O)(=O)c2cc(C(=O)N[C@@H](C)c3ccc(S(C)(=O)=O)cc3)ccc2Cl)c1C. The Hall–Kier alpha value is -2.88. The second kappa shape index (κ2) is 9.77. The number of aryl methyl sites for hydroxylation is 1. The molecule has 180 valence electrons. The molecule has 0 unspecified atom stereocenters. The van der Waals surface area contributed by atoms with Crippen molar-refractivity contribution >= 4 is 43.1 Å². The van der Waals surface area contributed by atoms with Crippen LogP contribution in [0, 0.1) is 13.8 Å². The van der Waals surface area contributed by atoms with Gasteiger partial charge in [-0.1, -0.05) is 35.9 Å². The molecular formula is C24H25ClN2O5S2. The molecular weight excluding hydrogens is 496 g/mol. The summed E-state index contributed by atoms with van der Waals surface area (Å²) in [7, 11) is -7.38. The number of anilines is 1. The molecule has 7 nitrogen and oxygen atoms in total. The van der Waals surface area contributed by atoms with Gasteiger partial charge in [0.15, 0.2) is 9.84 Å². The van der Waals surface area contributed by atoms with E-state index in [1.165, 1.54) is 30.3 Å². The number of carbonyl (C=O) groups is 1. The van der Waals surface area contributed by atoms with E-state index in [0.29, 0.717) is 11.3 Å². The highest BCUT2D eigenvalue weighted by Crippen LogP contribution is 2.27. The zero-order chi connectivity index (χ0) is 25.3. The first kappa shape index (κ1) is 25.7. The summed E-state index contributed by atoms with van der Waals surface area (Å²) in [4.78, 5) is 12.8. The monoisotopic (exact) mass is 520 g/mol. The quantitative estimate of drug-likeness (QED) is 0.471. The van der Waals surface area contributed by atoms with Gasteiger partial charge in [0.05, 0.1) is 21.6 Å². The first-order valence-corrected chi connectivity index (χ1v) is 14.0. The molecule has 0 heterocycles. The number of sulfone groups is 1. The zero-order valence-electron chi connectivity index (χ0n) is 19.1. The van der Waals surface area contributed by atoms with Crippen LogP contribution in [0.1, 0.15) is 40.0 Å². The van der Waals surface area contributed by atoms with Gasteiger partial charge in [0, 0.05) is 11.8 Å². The lowest BCUT2D eigenvalue weighted by atomic mass is 10.1. The van der Waals surface area contributed by atoms with Gasteiger partial charge < -0.3 is 5.32 Å². The minimum Gasteiger partial charge on any atom is -0.346 e. The molecule has 0 radical (unpaired) electrons. The van der Waals surface area contributed by atoms with Crippen molar-refractivity contribution in [3.8, 4) is 0 Å². The number of carbonyl (C=O) groups excluding carboxylic acids is 1. The normalized spacial score (nSPS) is 12.7. The summed E-state index contributed by atoms with van der Waals surface area (Å²) in [5.74, 6) is -0.500. The van der Waals surface area contributed by atoms with Crippen molar-refractivity contribution in [2.45, 2.75) is 36.6 Å². The predicted octanol–water partition coefficient (Wildman–Crippen LogP) is 4.65. The maximum atomic E-state index is 13.0. The summed E-state index contributed by atoms with van der Waals surface area (Å²) >= 11 is 6.18. The van der Waals surface area contributed by atoms with E-state index in [9.17, 15) is 21.6 Å². The number of nitrogens with one attached hydrogen (secondary N) is 2. The maximum Gasteiger partial charge on any atom is 0.263 e. The van der Waals surface area contributed by atoms with Gasteiger partial charge in [0.25, 0.3) is 15.9 Å². The fourth-order valence-electron chi connectivity index (χ4n) is 3.28. The van der Waals surface area contributed by atoms with Crippen LogP contribution in [0.3, 0.4) is 0 Å². The summed E-state index contributed by atoms with van der Waals surface area (Å²) in [5, 5.41) is 2.77. The summed E-state index contributed by atoms with van der Waals surface area (Å²) in [5.41, 5.74) is 2.95. The fourth-order valence-corrected chi connectivity index (χ4v) is 5.56. The van der Waals surface area contributed by atoms with Crippen molar-refractivity contribution in [2.75, 3.05) is 11.0 Å². The largest absolute Gasteiger partial charge is 0.346 e. The molecule has 1 amide bonds. The van der Waals surface area contributed by atoms with Gasteiger partial charge in [0.2, 0.25) is 0 Å². The standard InChI is InChI=1S/C24H25ClN2O5S2/c1-15-6-5-7-22(16(15)2)27-34(31,32)23-14-19(10-13-21(23)25)24(28)26-17(3)18-8-11-20(12-9-18)33(4,29)30/h5-14,17,27H,1-4H3,(H,26,28)/t17-/m0/s1. The molecule has 0 fully saturated rings. The van der Waals surface area contributed by atoms with Gasteiger partial charge in [0.1, 0.15) is 4.90 Å². The predicted molar refractivity (Wildman–Crippen MR) is 134 cm³/mol. The Morgan fingerprint density at radius 2 is 1.59 bits per heavy atom. The number of halogens is 1. The molecule has 34 heavy (non-hydrogen) atoms. The number of amides is 1. The Kier molecular flexibility index (Phi) is 7.40. The smallest absolute Gasteiger partial charge is 0.263 e. The van der Waals surface area contributed by atoms with Crippen LogP contribution in [-0.2, 0) is 19.9 Å². The molecule has 1 atom stereocenters. The molecule has 0 aromatic heterocycles. The third-order valence-electron chi connectivity index (χ3n) is 5.49. The van der Waals surface area contributed by atoms with Crippen molar-refractivity contribution in [1.82, 2.24) is 5.32 Å². The second-order valence-electron chi connectivity index (χ2n) is 8.03. The van der Waals surface area contributed by atoms with Crippen LogP contribution in [0.5, 0.6) is 0 Å². The number of hydrogen-bond acceptors (Lipinski definition) is 5. The average molecular weight is 521 g/mol. The molecule has 10 heteroatoms. The molecule has 3 aromatic carbocycles. The highest BCUT2D eigenvalue weighted by Gasteiger charge is 2.22. The Morgan fingerprint density at radius 1 is 0.941 bits per heavy atom. The van der Waals surface area contributed by atoms with Gasteiger partial charge >= 0.3 is 0 Å². The van der Waals surface area contributed by atoms with E-state index in [-0.39, 0.29) is 20.4 Å². The molecule has 0 aliphatic carbocycles. The molecule has 0 bridgehead atoms. The van der Waals surface area contributed by atoms with Crippen molar-refractivity contribution < 1.29 is 21.6 Å². The van der Waals surface area contributed by atoms with Crippen LogP contribution >= 0.6 is 11.6 Å². The summed E-state index contributed by atoms with van der Waals surface area (Å²) < 4.78 is 51.9. The van der Waals surface area contributed by atoms with E-state index in [1.54, 1.807) is 31.2 Å². The van der Waals surface area contributed by atoms with Gasteiger partial charge in [-0.05, 0) is 73.9 Å². The molecule has 3 rings (SSSR count). The molecule has 0 aliphatic rings. The summed E-state index contributed by atoms with van der Waals surface area (Å²) in [6, 6.07) is 15.0. The lowest BCUT2D eigenvalue weighted by Crippen LogP contribution is -2.27. The number of hydrogen-bond donors (Lipinski definition) is 2. The highest BCUT2D eigenvalue weighted by molar-refractivity contribution is 7.92. The maximum absolute atomic E-state index is 13.0. The Balaban J connectivity index is 1.83. The van der Waals surface area contributed by atoms with Crippen LogP contribution in [0.25, 0.3) is 0 Å². The van der Waals surface area contributed by atoms with Crippen molar-refractivity contribution in [1.29, 1.82) is 0 Å². The van der Waals surface area contributed by atoms with E-state index < -0.39 is 31.8 Å². The van der Waals surface area contributed by atoms with E-state index >= 15 is 0 Å². The van der Waals surface area contributed by atoms with Gasteiger partial charge in [-0.2, -0.15) is 0 Å². The van der Waals surface area contributed by atoms with E-state index in [2.05, 4.69) is 10.0 Å². The molecule has 0 saturated carbocycles. The molecule has 0 saturated heterocycles. The molecule has 0 aliphatic heterocycles. The van der Waals surface area contributed by atoms with Gasteiger partial charge in [-0.15, -0.1) is 0 Å². The third kappa shape index (κ3) is 5.78. The van der Waals surface area contributed by atoms with Gasteiger partial charge in [-0.3, -0.25) is 9.52 Å². The Bertz CT molecular complexity index is 1450. The van der Waals surface area contributed by atoms with Crippen LogP contribution in [0.15, 0.2) is 70.5 Å². The molecule has 3 aromatic rings. The average Bonchev–Trinajstić information content (AvgIpc) is 2.76.